The van der Waals surface area contributed by atoms with E-state index in [1.54, 1.807) is 0 Å². The lowest BCUT2D eigenvalue weighted by molar-refractivity contribution is 0.745. The van der Waals surface area contributed by atoms with E-state index in [9.17, 15) is 0 Å². The normalized spacial score (nSPS) is 14.1. The average Bonchev–Trinajstić information content (AvgIpc) is 2.47. The highest BCUT2D eigenvalue weighted by Crippen LogP contribution is 2.35. The Morgan fingerprint density at radius 3 is 3.00 bits per heavy atom. The Labute approximate surface area is 134 Å². The van der Waals surface area contributed by atoms with E-state index in [2.05, 4.69) is 62.3 Å². The maximum Gasteiger partial charge on any atom is 0.137 e. The molecule has 0 saturated carbocycles. The lowest BCUT2D eigenvalue weighted by Gasteiger charge is -2.32. The second-order valence-electron chi connectivity index (χ2n) is 5.55. The van der Waals surface area contributed by atoms with Crippen LogP contribution in [0.25, 0.3) is 0 Å². The van der Waals surface area contributed by atoms with Gasteiger partial charge in [0.15, 0.2) is 0 Å². The molecule has 1 aliphatic rings. The number of benzene rings is 1. The Hall–Kier alpha value is -1.39. The van der Waals surface area contributed by atoms with E-state index in [4.69, 9.17) is 0 Å². The minimum Gasteiger partial charge on any atom is -0.326 e. The maximum atomic E-state index is 4.68. The van der Waals surface area contributed by atoms with E-state index < -0.39 is 0 Å². The molecule has 0 radical (unpaired) electrons. The number of hydrogen-bond acceptors (Lipinski definition) is 3. The van der Waals surface area contributed by atoms with Gasteiger partial charge in [0.2, 0.25) is 0 Å². The predicted octanol–water partition coefficient (Wildman–Crippen LogP) is 3.96. The van der Waals surface area contributed by atoms with Crippen LogP contribution in [0.15, 0.2) is 34.9 Å². The Bertz CT molecular complexity index is 654. The van der Waals surface area contributed by atoms with Crippen molar-refractivity contribution in [3.05, 3.63) is 51.6 Å². The summed E-state index contributed by atoms with van der Waals surface area (Å²) in [4.78, 5) is 7.04. The Morgan fingerprint density at radius 1 is 1.33 bits per heavy atom. The molecule has 2 heterocycles. The summed E-state index contributed by atoms with van der Waals surface area (Å²) in [5.41, 5.74) is 5.29. The van der Waals surface area contributed by atoms with Gasteiger partial charge < -0.3 is 10.2 Å². The molecule has 0 aliphatic carbocycles. The first kappa shape index (κ1) is 14.5. The van der Waals surface area contributed by atoms with Crippen LogP contribution >= 0.6 is 15.9 Å². The summed E-state index contributed by atoms with van der Waals surface area (Å²) in [6.07, 6.45) is 4.22. The lowest BCUT2D eigenvalue weighted by Crippen LogP contribution is -2.27. The summed E-state index contributed by atoms with van der Waals surface area (Å²) < 4.78 is 1.03. The van der Waals surface area contributed by atoms with Gasteiger partial charge in [0.1, 0.15) is 5.82 Å². The molecule has 0 amide bonds. The molecule has 1 N–H and O–H groups in total. The monoisotopic (exact) mass is 345 g/mol. The van der Waals surface area contributed by atoms with Gasteiger partial charge in [-0.05, 0) is 60.4 Å². The van der Waals surface area contributed by atoms with Crippen molar-refractivity contribution in [1.82, 2.24) is 10.3 Å². The molecule has 0 atom stereocenters. The molecule has 3 nitrogen and oxygen atoms in total. The van der Waals surface area contributed by atoms with Crippen molar-refractivity contribution >= 4 is 27.4 Å². The second kappa shape index (κ2) is 6.16. The summed E-state index contributed by atoms with van der Waals surface area (Å²) in [7, 11) is 1.97. The molecule has 1 aromatic heterocycles. The van der Waals surface area contributed by atoms with Crippen LogP contribution in [-0.2, 0) is 13.0 Å². The van der Waals surface area contributed by atoms with Gasteiger partial charge in [-0.25, -0.2) is 4.98 Å². The molecule has 0 unspecified atom stereocenters. The number of pyridine rings is 1. The maximum absolute atomic E-state index is 4.68. The SMILES string of the molecule is CNCc1cc(Br)cnc1N1CCCc2cc(C)ccc21. The van der Waals surface area contributed by atoms with E-state index in [1.165, 1.54) is 28.8 Å². The van der Waals surface area contributed by atoms with Crippen LogP contribution in [-0.4, -0.2) is 18.6 Å². The topological polar surface area (TPSA) is 28.2 Å². The van der Waals surface area contributed by atoms with Gasteiger partial charge in [-0.1, -0.05) is 17.7 Å². The smallest absolute Gasteiger partial charge is 0.137 e. The Kier molecular flexibility index (Phi) is 4.27. The largest absolute Gasteiger partial charge is 0.326 e. The summed E-state index contributed by atoms with van der Waals surface area (Å²) in [6, 6.07) is 8.88. The minimum atomic E-state index is 0.819. The van der Waals surface area contributed by atoms with Crippen molar-refractivity contribution in [3.63, 3.8) is 0 Å². The number of fused-ring (bicyclic) bond motifs is 1. The first-order valence-corrected chi connectivity index (χ1v) is 8.14. The van der Waals surface area contributed by atoms with E-state index in [-0.39, 0.29) is 0 Å². The zero-order valence-corrected chi connectivity index (χ0v) is 14.1. The molecule has 4 heteroatoms. The van der Waals surface area contributed by atoms with Gasteiger partial charge in [-0.2, -0.15) is 0 Å². The van der Waals surface area contributed by atoms with Crippen LogP contribution in [0.3, 0.4) is 0 Å². The summed E-state index contributed by atoms with van der Waals surface area (Å²) in [5, 5.41) is 3.24. The number of aryl methyl sites for hydroxylation is 2. The fourth-order valence-electron chi connectivity index (χ4n) is 2.98. The molecule has 0 saturated heterocycles. The molecule has 110 valence electrons. The number of halogens is 1. The van der Waals surface area contributed by atoms with E-state index in [0.29, 0.717) is 0 Å². The van der Waals surface area contributed by atoms with Crippen LogP contribution in [0.1, 0.15) is 23.1 Å². The molecule has 0 bridgehead atoms. The third kappa shape index (κ3) is 2.97. The number of nitrogens with one attached hydrogen (secondary N) is 1. The average molecular weight is 346 g/mol. The predicted molar refractivity (Wildman–Crippen MR) is 91.2 cm³/mol. The standard InChI is InChI=1S/C17H20BrN3/c1-12-5-6-16-13(8-12)4-3-7-21(16)17-14(10-19-2)9-15(18)11-20-17/h5-6,8-9,11,19H,3-4,7,10H2,1-2H3. The highest BCUT2D eigenvalue weighted by Gasteiger charge is 2.21. The molecule has 21 heavy (non-hydrogen) atoms. The molecule has 0 fully saturated rings. The lowest BCUT2D eigenvalue weighted by atomic mass is 9.99. The van der Waals surface area contributed by atoms with Crippen LogP contribution in [0.2, 0.25) is 0 Å². The van der Waals surface area contributed by atoms with Crippen LogP contribution in [0.4, 0.5) is 11.5 Å². The Morgan fingerprint density at radius 2 is 2.19 bits per heavy atom. The Balaban J connectivity index is 2.06. The number of hydrogen-bond donors (Lipinski definition) is 1. The summed E-state index contributed by atoms with van der Waals surface area (Å²) in [6.45, 7) is 4.00. The molecular formula is C17H20BrN3. The number of rotatable bonds is 3. The quantitative estimate of drug-likeness (QED) is 0.912. The van der Waals surface area contributed by atoms with Crippen LogP contribution < -0.4 is 10.2 Å². The van der Waals surface area contributed by atoms with Gasteiger partial charge in [0.25, 0.3) is 0 Å². The summed E-state index contributed by atoms with van der Waals surface area (Å²) >= 11 is 3.52. The fourth-order valence-corrected chi connectivity index (χ4v) is 3.36. The van der Waals surface area contributed by atoms with Gasteiger partial charge in [-0.15, -0.1) is 0 Å². The summed E-state index contributed by atoms with van der Waals surface area (Å²) in [5.74, 6) is 1.07. The number of aromatic nitrogens is 1. The first-order chi connectivity index (χ1) is 10.2. The van der Waals surface area contributed by atoms with Crippen molar-refractivity contribution in [1.29, 1.82) is 0 Å². The highest BCUT2D eigenvalue weighted by atomic mass is 79.9. The number of nitrogens with zero attached hydrogens (tertiary/aromatic N) is 2. The molecule has 1 aromatic carbocycles. The van der Waals surface area contributed by atoms with Gasteiger partial charge >= 0.3 is 0 Å². The van der Waals surface area contributed by atoms with E-state index in [1.807, 2.05) is 13.2 Å². The third-order valence-corrected chi connectivity index (χ3v) is 4.32. The van der Waals surface area contributed by atoms with E-state index in [0.717, 1.165) is 29.8 Å². The van der Waals surface area contributed by atoms with Crippen molar-refractivity contribution in [2.24, 2.45) is 0 Å². The number of anilines is 2. The third-order valence-electron chi connectivity index (χ3n) is 3.89. The van der Waals surface area contributed by atoms with Crippen molar-refractivity contribution < 1.29 is 0 Å². The molecule has 1 aliphatic heterocycles. The van der Waals surface area contributed by atoms with Crippen molar-refractivity contribution in [2.75, 3.05) is 18.5 Å². The zero-order valence-electron chi connectivity index (χ0n) is 12.5. The van der Waals surface area contributed by atoms with Crippen LogP contribution in [0.5, 0.6) is 0 Å². The van der Waals surface area contributed by atoms with E-state index >= 15 is 0 Å². The minimum absolute atomic E-state index is 0.819. The van der Waals surface area contributed by atoms with Crippen molar-refractivity contribution in [2.45, 2.75) is 26.3 Å². The fraction of sp³-hybridized carbons (Fsp3) is 0.353. The van der Waals surface area contributed by atoms with Crippen molar-refractivity contribution in [3.8, 4) is 0 Å². The van der Waals surface area contributed by atoms with Gasteiger partial charge in [0, 0.05) is 35.0 Å². The zero-order chi connectivity index (χ0) is 14.8. The van der Waals surface area contributed by atoms with Gasteiger partial charge in [0.05, 0.1) is 0 Å². The first-order valence-electron chi connectivity index (χ1n) is 7.35. The molecule has 3 rings (SSSR count). The molecular weight excluding hydrogens is 326 g/mol. The second-order valence-corrected chi connectivity index (χ2v) is 6.47. The molecule has 0 spiro atoms. The van der Waals surface area contributed by atoms with Gasteiger partial charge in [-0.3, -0.25) is 0 Å². The highest BCUT2D eigenvalue weighted by molar-refractivity contribution is 9.10. The molecule has 2 aromatic rings. The van der Waals surface area contributed by atoms with Crippen LogP contribution in [0, 0.1) is 6.92 Å².